The number of methoxy groups -OCH3 is 3. The van der Waals surface area contributed by atoms with Crippen LogP contribution in [0.3, 0.4) is 0 Å². The van der Waals surface area contributed by atoms with Crippen molar-refractivity contribution in [2.45, 2.75) is 18.0 Å². The van der Waals surface area contributed by atoms with Crippen LogP contribution in [-0.4, -0.2) is 53.8 Å². The van der Waals surface area contributed by atoms with Crippen LogP contribution in [0.25, 0.3) is 0 Å². The molecule has 0 amide bonds. The largest absolute Gasteiger partial charge is 0.493 e. The highest BCUT2D eigenvalue weighted by molar-refractivity contribution is 7.98. The molecule has 1 fully saturated rings. The van der Waals surface area contributed by atoms with Gasteiger partial charge in [0.05, 0.1) is 21.3 Å². The fourth-order valence-corrected chi connectivity index (χ4v) is 4.28. The highest BCUT2D eigenvalue weighted by Crippen LogP contribution is 2.37. The summed E-state index contributed by atoms with van der Waals surface area (Å²) in [5.74, 6) is 2.12. The van der Waals surface area contributed by atoms with Crippen molar-refractivity contribution < 1.29 is 24.0 Å². The second-order valence-corrected chi connectivity index (χ2v) is 8.11. The summed E-state index contributed by atoms with van der Waals surface area (Å²) in [6, 6.07) is 13.1. The zero-order chi connectivity index (χ0) is 19.9. The van der Waals surface area contributed by atoms with Gasteiger partial charge in [-0.15, -0.1) is 11.8 Å². The molecule has 1 saturated heterocycles. The minimum absolute atomic E-state index is 0.658. The second-order valence-electron chi connectivity index (χ2n) is 7.24. The zero-order valence-corrected chi connectivity index (χ0v) is 18.2. The third-order valence-electron chi connectivity index (χ3n) is 5.46. The first kappa shape index (κ1) is 20.8. The van der Waals surface area contributed by atoms with Gasteiger partial charge in [-0.3, -0.25) is 0 Å². The lowest BCUT2D eigenvalue weighted by Crippen LogP contribution is -3.27. The van der Waals surface area contributed by atoms with Crippen molar-refractivity contribution in [3.8, 4) is 17.2 Å². The Morgan fingerprint density at radius 3 is 1.68 bits per heavy atom. The Hall–Kier alpha value is -1.89. The van der Waals surface area contributed by atoms with Crippen molar-refractivity contribution in [2.75, 3.05) is 53.8 Å². The van der Waals surface area contributed by atoms with E-state index in [4.69, 9.17) is 14.2 Å². The van der Waals surface area contributed by atoms with Gasteiger partial charge < -0.3 is 24.0 Å². The molecule has 1 aliphatic rings. The van der Waals surface area contributed by atoms with Crippen molar-refractivity contribution in [1.29, 1.82) is 0 Å². The van der Waals surface area contributed by atoms with Crippen LogP contribution in [0, 0.1) is 0 Å². The molecule has 3 rings (SSSR count). The van der Waals surface area contributed by atoms with Crippen LogP contribution in [-0.2, 0) is 13.1 Å². The van der Waals surface area contributed by atoms with Crippen molar-refractivity contribution in [2.24, 2.45) is 0 Å². The van der Waals surface area contributed by atoms with E-state index in [1.54, 1.807) is 42.9 Å². The molecule has 28 heavy (non-hydrogen) atoms. The molecule has 0 aliphatic carbocycles. The summed E-state index contributed by atoms with van der Waals surface area (Å²) in [6.45, 7) is 6.84. The summed E-state index contributed by atoms with van der Waals surface area (Å²) in [7, 11) is 4.98. The predicted molar refractivity (Wildman–Crippen MR) is 113 cm³/mol. The van der Waals surface area contributed by atoms with E-state index >= 15 is 0 Å². The molecular weight excluding hydrogens is 372 g/mol. The number of rotatable bonds is 8. The quantitative estimate of drug-likeness (QED) is 0.642. The van der Waals surface area contributed by atoms with E-state index in [-0.39, 0.29) is 0 Å². The molecule has 6 heteroatoms. The minimum Gasteiger partial charge on any atom is -0.493 e. The van der Waals surface area contributed by atoms with Crippen LogP contribution in [0.5, 0.6) is 17.2 Å². The molecule has 2 aromatic carbocycles. The fraction of sp³-hybridized carbons (Fsp3) is 0.455. The molecule has 152 valence electrons. The Kier molecular flexibility index (Phi) is 7.48. The standard InChI is InChI=1S/C22H30N2O3S/c1-25-20-13-18(14-21(26-2)22(20)27-3)16-24-11-9-23(10-12-24)15-17-5-7-19(28-4)8-6-17/h5-8,13-14H,9-12,15-16H2,1-4H3/p+2. The van der Waals surface area contributed by atoms with Crippen LogP contribution in [0.4, 0.5) is 0 Å². The Morgan fingerprint density at radius 1 is 0.750 bits per heavy atom. The number of ether oxygens (including phenoxy) is 3. The van der Waals surface area contributed by atoms with Gasteiger partial charge >= 0.3 is 0 Å². The van der Waals surface area contributed by atoms with Crippen molar-refractivity contribution in [3.63, 3.8) is 0 Å². The molecule has 1 aliphatic heterocycles. The summed E-state index contributed by atoms with van der Waals surface area (Å²) >= 11 is 1.80. The van der Waals surface area contributed by atoms with Crippen molar-refractivity contribution in [1.82, 2.24) is 0 Å². The summed E-state index contributed by atoms with van der Waals surface area (Å²) < 4.78 is 16.4. The van der Waals surface area contributed by atoms with Gasteiger partial charge in [0.1, 0.15) is 39.3 Å². The van der Waals surface area contributed by atoms with Gasteiger partial charge in [-0.2, -0.15) is 0 Å². The van der Waals surface area contributed by atoms with E-state index in [1.807, 2.05) is 0 Å². The van der Waals surface area contributed by atoms with Crippen LogP contribution < -0.4 is 24.0 Å². The molecule has 0 radical (unpaired) electrons. The van der Waals surface area contributed by atoms with E-state index in [9.17, 15) is 0 Å². The molecule has 2 aromatic rings. The topological polar surface area (TPSA) is 36.6 Å². The number of thioether (sulfide) groups is 1. The van der Waals surface area contributed by atoms with Gasteiger partial charge in [-0.1, -0.05) is 12.1 Å². The third-order valence-corrected chi connectivity index (χ3v) is 6.20. The first-order valence-electron chi connectivity index (χ1n) is 9.75. The smallest absolute Gasteiger partial charge is 0.203 e. The first-order valence-corrected chi connectivity index (χ1v) is 11.0. The fourth-order valence-electron chi connectivity index (χ4n) is 3.87. The van der Waals surface area contributed by atoms with Crippen LogP contribution in [0.15, 0.2) is 41.3 Å². The van der Waals surface area contributed by atoms with E-state index < -0.39 is 0 Å². The maximum Gasteiger partial charge on any atom is 0.203 e. The average Bonchev–Trinajstić information content (AvgIpc) is 2.75. The van der Waals surface area contributed by atoms with Crippen LogP contribution in [0.1, 0.15) is 11.1 Å². The SMILES string of the molecule is COc1cc(C[NH+]2CC[NH+](Cc3ccc(SC)cc3)CC2)cc(OC)c1OC. The second kappa shape index (κ2) is 10.0. The summed E-state index contributed by atoms with van der Waals surface area (Å²) in [4.78, 5) is 4.61. The lowest BCUT2D eigenvalue weighted by atomic mass is 10.1. The Morgan fingerprint density at radius 2 is 1.25 bits per heavy atom. The highest BCUT2D eigenvalue weighted by Gasteiger charge is 2.24. The molecule has 5 nitrogen and oxygen atoms in total. The average molecular weight is 405 g/mol. The number of hydrogen-bond donors (Lipinski definition) is 2. The van der Waals surface area contributed by atoms with E-state index in [0.717, 1.165) is 24.6 Å². The van der Waals surface area contributed by atoms with Crippen LogP contribution in [0.2, 0.25) is 0 Å². The predicted octanol–water partition coefficient (Wildman–Crippen LogP) is 0.918. The molecule has 0 unspecified atom stereocenters. The maximum absolute atomic E-state index is 5.49. The summed E-state index contributed by atoms with van der Waals surface area (Å²) in [6.07, 6.45) is 2.12. The number of benzene rings is 2. The Labute approximate surface area is 172 Å². The van der Waals surface area contributed by atoms with Gasteiger partial charge in [0.15, 0.2) is 11.5 Å². The van der Waals surface area contributed by atoms with Crippen molar-refractivity contribution >= 4 is 11.8 Å². The van der Waals surface area contributed by atoms with Gasteiger partial charge in [-0.25, -0.2) is 0 Å². The molecule has 0 atom stereocenters. The van der Waals surface area contributed by atoms with E-state index in [1.165, 1.54) is 42.2 Å². The molecule has 0 aromatic heterocycles. The number of piperazine rings is 1. The molecule has 0 spiro atoms. The number of nitrogens with one attached hydrogen (secondary N) is 2. The van der Waals surface area contributed by atoms with E-state index in [2.05, 4.69) is 42.7 Å². The molecule has 2 N–H and O–H groups in total. The van der Waals surface area contributed by atoms with Gasteiger partial charge in [0, 0.05) is 16.0 Å². The zero-order valence-electron chi connectivity index (χ0n) is 17.3. The lowest BCUT2D eigenvalue weighted by molar-refractivity contribution is -1.02. The molecule has 0 bridgehead atoms. The first-order chi connectivity index (χ1) is 13.7. The Balaban J connectivity index is 1.56. The highest BCUT2D eigenvalue weighted by atomic mass is 32.2. The molecular formula is C22H32N2O3S+2. The van der Waals surface area contributed by atoms with Crippen LogP contribution >= 0.6 is 11.8 Å². The Bertz CT molecular complexity index is 734. The van der Waals surface area contributed by atoms with Gasteiger partial charge in [-0.05, 0) is 30.5 Å². The molecule has 0 saturated carbocycles. The minimum atomic E-state index is 0.658. The van der Waals surface area contributed by atoms with Gasteiger partial charge in [0.25, 0.3) is 0 Å². The number of quaternary nitrogens is 2. The molecule has 1 heterocycles. The summed E-state index contributed by atoms with van der Waals surface area (Å²) in [5.41, 5.74) is 2.65. The maximum atomic E-state index is 5.49. The summed E-state index contributed by atoms with van der Waals surface area (Å²) in [5, 5.41) is 0. The van der Waals surface area contributed by atoms with E-state index in [0.29, 0.717) is 5.75 Å². The van der Waals surface area contributed by atoms with Crippen molar-refractivity contribution in [3.05, 3.63) is 47.5 Å². The third kappa shape index (κ3) is 5.13. The monoisotopic (exact) mass is 404 g/mol. The number of hydrogen-bond acceptors (Lipinski definition) is 4. The lowest BCUT2D eigenvalue weighted by Gasteiger charge is -2.30. The van der Waals surface area contributed by atoms with Gasteiger partial charge in [0.2, 0.25) is 5.75 Å². The normalized spacial score (nSPS) is 19.3.